The molecule has 0 aliphatic carbocycles. The van der Waals surface area contributed by atoms with E-state index in [0.717, 1.165) is 16.7 Å². The third kappa shape index (κ3) is 8.00. The lowest BCUT2D eigenvalue weighted by Gasteiger charge is -2.34. The van der Waals surface area contributed by atoms with Crippen LogP contribution in [-0.2, 0) is 30.3 Å². The average molecular weight is 601 g/mol. The smallest absolute Gasteiger partial charge is 0.332 e. The molecule has 230 valence electrons. The minimum Gasteiger partial charge on any atom is -0.508 e. The van der Waals surface area contributed by atoms with Crippen LogP contribution in [0.2, 0.25) is 0 Å². The highest BCUT2D eigenvalue weighted by atomic mass is 16.7. The summed E-state index contributed by atoms with van der Waals surface area (Å²) in [6.07, 6.45) is 0.772. The molecule has 3 aromatic rings. The monoisotopic (exact) mass is 600 g/mol. The van der Waals surface area contributed by atoms with Crippen LogP contribution in [0.25, 0.3) is 0 Å². The molecule has 0 aromatic heterocycles. The van der Waals surface area contributed by atoms with Gasteiger partial charge < -0.3 is 24.8 Å². The number of aromatic hydroxyl groups is 1. The average Bonchev–Trinajstić information content (AvgIpc) is 3.56. The number of nitrogens with zero attached hydrogens (tertiary/aromatic N) is 2. The predicted octanol–water partition coefficient (Wildman–Crippen LogP) is 3.28. The Hall–Kier alpha value is -4.74. The Morgan fingerprint density at radius 3 is 2.41 bits per heavy atom. The van der Waals surface area contributed by atoms with E-state index in [1.165, 1.54) is 0 Å². The largest absolute Gasteiger partial charge is 0.508 e. The molecule has 3 N–H and O–H groups in total. The molecule has 11 nitrogen and oxygen atoms in total. The molecular weight excluding hydrogens is 564 g/mol. The summed E-state index contributed by atoms with van der Waals surface area (Å²) in [7, 11) is 0. The van der Waals surface area contributed by atoms with Crippen molar-refractivity contribution in [2.75, 3.05) is 26.3 Å². The molecule has 2 atom stereocenters. The number of ether oxygens (including phenoxy) is 2. The first kappa shape index (κ1) is 30.7. The van der Waals surface area contributed by atoms with E-state index in [-0.39, 0.29) is 36.7 Å². The van der Waals surface area contributed by atoms with Crippen molar-refractivity contribution in [1.82, 2.24) is 15.7 Å². The number of amidine groups is 1. The number of piperidine rings is 1. The Labute approximate surface area is 255 Å². The molecule has 2 unspecified atom stereocenters. The number of benzene rings is 3. The van der Waals surface area contributed by atoms with E-state index in [2.05, 4.69) is 15.8 Å². The van der Waals surface area contributed by atoms with Gasteiger partial charge in [-0.3, -0.25) is 9.59 Å². The van der Waals surface area contributed by atoms with Crippen molar-refractivity contribution >= 4 is 23.6 Å². The van der Waals surface area contributed by atoms with Crippen molar-refractivity contribution in [3.05, 3.63) is 101 Å². The van der Waals surface area contributed by atoms with Gasteiger partial charge in [-0.15, -0.1) is 0 Å². The van der Waals surface area contributed by atoms with Crippen LogP contribution in [0.3, 0.4) is 0 Å². The Morgan fingerprint density at radius 2 is 1.73 bits per heavy atom. The second-order valence-corrected chi connectivity index (χ2v) is 10.6. The zero-order valence-corrected chi connectivity index (χ0v) is 24.5. The summed E-state index contributed by atoms with van der Waals surface area (Å²) in [5.41, 5.74) is 5.72. The van der Waals surface area contributed by atoms with Gasteiger partial charge in [0.15, 0.2) is 5.84 Å². The zero-order chi connectivity index (χ0) is 30.9. The number of phenolic OH excluding ortho intramolecular Hbond substituents is 1. The summed E-state index contributed by atoms with van der Waals surface area (Å²) in [4.78, 5) is 50.6. The number of carbonyl (C=O) groups excluding carboxylic acids is 3. The fraction of sp³-hybridized carbons (Fsp3) is 0.333. The molecule has 44 heavy (non-hydrogen) atoms. The lowest BCUT2D eigenvalue weighted by atomic mass is 10.0. The van der Waals surface area contributed by atoms with Crippen LogP contribution in [0.4, 0.5) is 0 Å². The van der Waals surface area contributed by atoms with Gasteiger partial charge in [0.25, 0.3) is 5.91 Å². The van der Waals surface area contributed by atoms with Crippen LogP contribution in [0.5, 0.6) is 5.75 Å². The van der Waals surface area contributed by atoms with Crippen LogP contribution in [-0.4, -0.2) is 72.1 Å². The van der Waals surface area contributed by atoms with Gasteiger partial charge in [0.05, 0.1) is 12.7 Å². The molecule has 0 bridgehead atoms. The number of phenols is 1. The minimum atomic E-state index is -0.829. The Bertz CT molecular complexity index is 1450. The van der Waals surface area contributed by atoms with Gasteiger partial charge >= 0.3 is 5.97 Å². The Kier molecular flexibility index (Phi) is 10.2. The summed E-state index contributed by atoms with van der Waals surface area (Å²) < 4.78 is 10.6. The van der Waals surface area contributed by atoms with Crippen LogP contribution >= 0.6 is 0 Å². The van der Waals surface area contributed by atoms with Crippen molar-refractivity contribution in [3.63, 3.8) is 0 Å². The van der Waals surface area contributed by atoms with E-state index in [1.807, 2.05) is 30.3 Å². The molecule has 5 rings (SSSR count). The van der Waals surface area contributed by atoms with E-state index in [9.17, 15) is 19.5 Å². The molecule has 2 aliphatic heterocycles. The molecule has 3 aromatic carbocycles. The lowest BCUT2D eigenvalue weighted by Crippen LogP contribution is -2.52. The first-order valence-electron chi connectivity index (χ1n) is 14.7. The third-order valence-electron chi connectivity index (χ3n) is 7.49. The van der Waals surface area contributed by atoms with Gasteiger partial charge in [-0.1, -0.05) is 54.6 Å². The number of nitrogens with one attached hydrogen (secondary N) is 2. The number of amides is 2. The quantitative estimate of drug-likeness (QED) is 0.285. The summed E-state index contributed by atoms with van der Waals surface area (Å²) in [6.45, 7) is 2.79. The Morgan fingerprint density at radius 1 is 1.02 bits per heavy atom. The van der Waals surface area contributed by atoms with Gasteiger partial charge in [-0.05, 0) is 49.6 Å². The lowest BCUT2D eigenvalue weighted by molar-refractivity contribution is -0.152. The maximum Gasteiger partial charge on any atom is 0.332 e. The molecule has 2 amide bonds. The standard InChI is InChI=1S/C33H36N4O7/c1-2-42-29(39)21-43-27-16-18-37(19-17-27)33(41)28(20-22-8-14-26(38)15-9-22)34-31(40)24-12-10-23(11-13-24)30-35-32(44-36-30)25-6-4-3-5-7-25/h3-15,27-28,32,38H,2,16-21H2,1H3,(H,34,40)(H,35,36). The van der Waals surface area contributed by atoms with Gasteiger partial charge in [-0.2, -0.15) is 0 Å². The number of hydrogen-bond acceptors (Lipinski definition) is 9. The third-order valence-corrected chi connectivity index (χ3v) is 7.49. The maximum absolute atomic E-state index is 13.7. The number of hydroxylamine groups is 1. The van der Waals surface area contributed by atoms with Crippen molar-refractivity contribution in [3.8, 4) is 5.75 Å². The second-order valence-electron chi connectivity index (χ2n) is 10.6. The zero-order valence-electron chi connectivity index (χ0n) is 24.5. The fourth-order valence-electron chi connectivity index (χ4n) is 5.12. The summed E-state index contributed by atoms with van der Waals surface area (Å²) in [6, 6.07) is 22.3. The van der Waals surface area contributed by atoms with Gasteiger partial charge in [0, 0.05) is 36.2 Å². The predicted molar refractivity (Wildman–Crippen MR) is 162 cm³/mol. The van der Waals surface area contributed by atoms with E-state index in [4.69, 9.17) is 14.3 Å². The number of carbonyl (C=O) groups is 3. The Balaban J connectivity index is 1.23. The maximum atomic E-state index is 13.7. The molecular formula is C33H36N4O7. The molecule has 1 saturated heterocycles. The van der Waals surface area contributed by atoms with E-state index in [0.29, 0.717) is 43.9 Å². The minimum absolute atomic E-state index is 0.116. The van der Waals surface area contributed by atoms with Crippen molar-refractivity contribution in [2.24, 2.45) is 4.99 Å². The summed E-state index contributed by atoms with van der Waals surface area (Å²) in [5.74, 6) is -0.331. The number of likely N-dealkylation sites (tertiary alicyclic amines) is 1. The fourth-order valence-corrected chi connectivity index (χ4v) is 5.12. The highest BCUT2D eigenvalue weighted by molar-refractivity contribution is 6.01. The van der Waals surface area contributed by atoms with Crippen LogP contribution in [0.15, 0.2) is 83.9 Å². The molecule has 11 heteroatoms. The molecule has 2 heterocycles. The first-order chi connectivity index (χ1) is 21.4. The first-order valence-corrected chi connectivity index (χ1v) is 14.7. The molecule has 0 spiro atoms. The SMILES string of the molecule is CCOC(=O)COC1CCN(C(=O)C(Cc2ccc(O)cc2)NC(=O)c2ccc(C3=NC(c4ccccc4)ON3)cc2)CC1. The van der Waals surface area contributed by atoms with Gasteiger partial charge in [0.2, 0.25) is 12.1 Å². The highest BCUT2D eigenvalue weighted by Gasteiger charge is 2.30. The highest BCUT2D eigenvalue weighted by Crippen LogP contribution is 2.23. The van der Waals surface area contributed by atoms with Crippen LogP contribution in [0.1, 0.15) is 53.0 Å². The second kappa shape index (κ2) is 14.6. The number of aliphatic imine (C=N–C) groups is 1. The number of hydrogen-bond donors (Lipinski definition) is 3. The van der Waals surface area contributed by atoms with E-state index >= 15 is 0 Å². The van der Waals surface area contributed by atoms with Gasteiger partial charge in [0.1, 0.15) is 18.4 Å². The van der Waals surface area contributed by atoms with E-state index in [1.54, 1.807) is 60.4 Å². The molecule has 1 fully saturated rings. The molecule has 0 radical (unpaired) electrons. The van der Waals surface area contributed by atoms with Crippen LogP contribution in [0, 0.1) is 0 Å². The van der Waals surface area contributed by atoms with Crippen molar-refractivity contribution in [2.45, 2.75) is 44.6 Å². The normalized spacial score (nSPS) is 17.3. The topological polar surface area (TPSA) is 139 Å². The molecule has 2 aliphatic rings. The van der Waals surface area contributed by atoms with E-state index < -0.39 is 18.2 Å². The van der Waals surface area contributed by atoms with Crippen molar-refractivity contribution < 1.29 is 33.8 Å². The summed E-state index contributed by atoms with van der Waals surface area (Å²) in [5, 5.41) is 12.6. The summed E-state index contributed by atoms with van der Waals surface area (Å²) >= 11 is 0. The van der Waals surface area contributed by atoms with Gasteiger partial charge in [-0.25, -0.2) is 20.1 Å². The van der Waals surface area contributed by atoms with Crippen molar-refractivity contribution in [1.29, 1.82) is 0 Å². The number of rotatable bonds is 11. The van der Waals surface area contributed by atoms with Crippen LogP contribution < -0.4 is 10.8 Å². The molecule has 0 saturated carbocycles. The number of esters is 1.